The first kappa shape index (κ1) is 20.9. The van der Waals surface area contributed by atoms with Crippen LogP contribution < -0.4 is 4.74 Å². The summed E-state index contributed by atoms with van der Waals surface area (Å²) in [5.41, 5.74) is 3.23. The third kappa shape index (κ3) is 4.32. The van der Waals surface area contributed by atoms with Crippen molar-refractivity contribution in [2.45, 2.75) is 32.1 Å². The number of methoxy groups -OCH3 is 1. The molecule has 166 valence electrons. The van der Waals surface area contributed by atoms with E-state index in [1.807, 2.05) is 42.5 Å². The van der Waals surface area contributed by atoms with Gasteiger partial charge in [-0.3, -0.25) is 14.7 Å². The third-order valence-electron chi connectivity index (χ3n) is 7.09. The summed E-state index contributed by atoms with van der Waals surface area (Å²) in [5.74, 6) is 2.13. The van der Waals surface area contributed by atoms with Crippen LogP contribution in [0.15, 0.2) is 42.5 Å². The zero-order valence-corrected chi connectivity index (χ0v) is 18.5. The predicted molar refractivity (Wildman–Crippen MR) is 123 cm³/mol. The fourth-order valence-corrected chi connectivity index (χ4v) is 5.30. The van der Waals surface area contributed by atoms with Crippen molar-refractivity contribution in [3.8, 4) is 5.75 Å². The standard InChI is InChI=1S/C26H29N3O3/c1-32-22-5-2-17(3-6-22)12-21(30)13-18-4-7-24-23(14-18)26(28-27-24)25(31)15-20-16-29-10-8-19(20)9-11-29/h2-7,14,19-20H,8-13,15-16H2,1H3,(H,27,28)/t20-/m1/s1. The minimum absolute atomic E-state index is 0.108. The smallest absolute Gasteiger partial charge is 0.184 e. The molecule has 0 saturated carbocycles. The molecule has 0 unspecified atom stereocenters. The average Bonchev–Trinajstić information content (AvgIpc) is 3.24. The summed E-state index contributed by atoms with van der Waals surface area (Å²) >= 11 is 0. The summed E-state index contributed by atoms with van der Waals surface area (Å²) in [6.07, 6.45) is 3.68. The summed E-state index contributed by atoms with van der Waals surface area (Å²) in [5, 5.41) is 8.16. The Morgan fingerprint density at radius 3 is 2.47 bits per heavy atom. The molecule has 3 aromatic rings. The summed E-state index contributed by atoms with van der Waals surface area (Å²) in [6.45, 7) is 3.38. The molecule has 0 radical (unpaired) electrons. The number of H-pyrrole nitrogens is 1. The van der Waals surface area contributed by atoms with Gasteiger partial charge in [-0.15, -0.1) is 0 Å². The number of fused-ring (bicyclic) bond motifs is 4. The van der Waals surface area contributed by atoms with Crippen LogP contribution in [0.3, 0.4) is 0 Å². The molecule has 6 nitrogen and oxygen atoms in total. The van der Waals surface area contributed by atoms with Gasteiger partial charge >= 0.3 is 0 Å². The second kappa shape index (κ2) is 8.87. The number of piperidine rings is 3. The van der Waals surface area contributed by atoms with Gasteiger partial charge in [0.15, 0.2) is 5.78 Å². The first-order valence-electron chi connectivity index (χ1n) is 11.5. The number of hydrogen-bond donors (Lipinski definition) is 1. The van der Waals surface area contributed by atoms with Crippen LogP contribution in [-0.2, 0) is 17.6 Å². The molecule has 2 bridgehead atoms. The molecule has 32 heavy (non-hydrogen) atoms. The highest BCUT2D eigenvalue weighted by molar-refractivity contribution is 6.06. The van der Waals surface area contributed by atoms with Gasteiger partial charge in [0, 0.05) is 31.2 Å². The van der Waals surface area contributed by atoms with E-state index < -0.39 is 0 Å². The zero-order chi connectivity index (χ0) is 22.1. The second-order valence-electron chi connectivity index (χ2n) is 9.22. The van der Waals surface area contributed by atoms with Crippen LogP contribution >= 0.6 is 0 Å². The Morgan fingerprint density at radius 2 is 1.78 bits per heavy atom. The molecule has 4 heterocycles. The maximum Gasteiger partial charge on any atom is 0.184 e. The first-order valence-corrected chi connectivity index (χ1v) is 11.5. The van der Waals surface area contributed by atoms with E-state index in [0.717, 1.165) is 34.3 Å². The highest BCUT2D eigenvalue weighted by Crippen LogP contribution is 2.35. The minimum Gasteiger partial charge on any atom is -0.497 e. The molecule has 2 aromatic carbocycles. The Hall–Kier alpha value is -2.99. The molecule has 3 fully saturated rings. The van der Waals surface area contributed by atoms with Gasteiger partial charge in [-0.2, -0.15) is 5.10 Å². The topological polar surface area (TPSA) is 75.3 Å². The van der Waals surface area contributed by atoms with Gasteiger partial charge in [0.2, 0.25) is 0 Å². The molecule has 0 spiro atoms. The summed E-state index contributed by atoms with van der Waals surface area (Å²) in [6, 6.07) is 13.4. The number of ether oxygens (including phenoxy) is 1. The lowest BCUT2D eigenvalue weighted by molar-refractivity contribution is -0.117. The molecule has 3 saturated heterocycles. The molecule has 6 rings (SSSR count). The fraction of sp³-hybridized carbons (Fsp3) is 0.423. The van der Waals surface area contributed by atoms with E-state index in [2.05, 4.69) is 15.1 Å². The Balaban J connectivity index is 1.27. The van der Waals surface area contributed by atoms with E-state index in [1.165, 1.54) is 25.9 Å². The van der Waals surface area contributed by atoms with Crippen molar-refractivity contribution in [1.29, 1.82) is 0 Å². The van der Waals surface area contributed by atoms with Gasteiger partial charge in [-0.05, 0) is 73.2 Å². The van der Waals surface area contributed by atoms with Crippen LogP contribution in [0, 0.1) is 11.8 Å². The number of benzene rings is 2. The molecule has 1 aromatic heterocycles. The monoisotopic (exact) mass is 431 g/mol. The largest absolute Gasteiger partial charge is 0.497 e. The van der Waals surface area contributed by atoms with Crippen LogP contribution in [0.4, 0.5) is 0 Å². The van der Waals surface area contributed by atoms with Gasteiger partial charge in [-0.25, -0.2) is 0 Å². The third-order valence-corrected chi connectivity index (χ3v) is 7.09. The lowest BCUT2D eigenvalue weighted by atomic mass is 9.76. The SMILES string of the molecule is COc1ccc(CC(=O)Cc2ccc3[nH]nc(C(=O)C[C@@H]4CN5CCC4CC5)c3c2)cc1. The lowest BCUT2D eigenvalue weighted by Gasteiger charge is -2.44. The quantitative estimate of drug-likeness (QED) is 0.549. The highest BCUT2D eigenvalue weighted by atomic mass is 16.5. The van der Waals surface area contributed by atoms with E-state index in [0.29, 0.717) is 36.8 Å². The molecule has 6 heteroatoms. The van der Waals surface area contributed by atoms with Crippen molar-refractivity contribution in [2.75, 3.05) is 26.7 Å². The maximum atomic E-state index is 13.1. The van der Waals surface area contributed by atoms with Gasteiger partial charge < -0.3 is 9.64 Å². The lowest BCUT2D eigenvalue weighted by Crippen LogP contribution is -2.47. The Kier molecular flexibility index (Phi) is 5.79. The molecule has 1 atom stereocenters. The van der Waals surface area contributed by atoms with E-state index in [9.17, 15) is 9.59 Å². The van der Waals surface area contributed by atoms with Gasteiger partial charge in [-0.1, -0.05) is 18.2 Å². The van der Waals surface area contributed by atoms with Crippen LogP contribution in [-0.4, -0.2) is 53.4 Å². The van der Waals surface area contributed by atoms with Gasteiger partial charge in [0.25, 0.3) is 0 Å². The van der Waals surface area contributed by atoms with E-state index in [1.54, 1.807) is 7.11 Å². The summed E-state index contributed by atoms with van der Waals surface area (Å²) in [7, 11) is 1.63. The number of Topliss-reactive ketones (excluding diaryl/α,β-unsaturated/α-hetero) is 2. The number of carbonyl (C=O) groups is 2. The van der Waals surface area contributed by atoms with E-state index >= 15 is 0 Å². The van der Waals surface area contributed by atoms with Crippen LogP contribution in [0.5, 0.6) is 5.75 Å². The normalized spacial score (nSPS) is 22.2. The molecule has 0 amide bonds. The molecule has 3 aliphatic rings. The van der Waals surface area contributed by atoms with Crippen molar-refractivity contribution in [2.24, 2.45) is 11.8 Å². The molecule has 0 aliphatic carbocycles. The van der Waals surface area contributed by atoms with Crippen molar-refractivity contribution >= 4 is 22.5 Å². The van der Waals surface area contributed by atoms with Gasteiger partial charge in [0.05, 0.1) is 12.6 Å². The van der Waals surface area contributed by atoms with Crippen LogP contribution in [0.25, 0.3) is 10.9 Å². The van der Waals surface area contributed by atoms with Crippen molar-refractivity contribution < 1.29 is 14.3 Å². The van der Waals surface area contributed by atoms with Crippen molar-refractivity contribution in [3.63, 3.8) is 0 Å². The number of nitrogens with zero attached hydrogens (tertiary/aromatic N) is 2. The summed E-state index contributed by atoms with van der Waals surface area (Å²) < 4.78 is 5.17. The van der Waals surface area contributed by atoms with E-state index in [-0.39, 0.29) is 11.6 Å². The molecule has 1 N–H and O–H groups in total. The average molecular weight is 432 g/mol. The number of ketones is 2. The predicted octanol–water partition coefficient (Wildman–Crippen LogP) is 3.84. The molecular formula is C26H29N3O3. The number of carbonyl (C=O) groups excluding carboxylic acids is 2. The Labute approximate surface area is 187 Å². The van der Waals surface area contributed by atoms with Crippen LogP contribution in [0.2, 0.25) is 0 Å². The van der Waals surface area contributed by atoms with Crippen LogP contribution in [0.1, 0.15) is 40.9 Å². The highest BCUT2D eigenvalue weighted by Gasteiger charge is 2.35. The molecule has 3 aliphatic heterocycles. The fourth-order valence-electron chi connectivity index (χ4n) is 5.30. The zero-order valence-electron chi connectivity index (χ0n) is 18.5. The first-order chi connectivity index (χ1) is 15.6. The van der Waals surface area contributed by atoms with Gasteiger partial charge in [0.1, 0.15) is 17.2 Å². The Bertz CT molecular complexity index is 1130. The van der Waals surface area contributed by atoms with Crippen molar-refractivity contribution in [1.82, 2.24) is 15.1 Å². The number of aromatic amines is 1. The molecular weight excluding hydrogens is 402 g/mol. The maximum absolute atomic E-state index is 13.1. The number of rotatable bonds is 8. The number of aromatic nitrogens is 2. The number of hydrogen-bond acceptors (Lipinski definition) is 5. The minimum atomic E-state index is 0.108. The van der Waals surface area contributed by atoms with E-state index in [4.69, 9.17) is 4.74 Å². The van der Waals surface area contributed by atoms with Crippen molar-refractivity contribution in [3.05, 3.63) is 59.3 Å². The second-order valence-corrected chi connectivity index (χ2v) is 9.22. The number of nitrogens with one attached hydrogen (secondary N) is 1. The summed E-state index contributed by atoms with van der Waals surface area (Å²) in [4.78, 5) is 28.2. The Morgan fingerprint density at radius 1 is 1.06 bits per heavy atom.